The minimum atomic E-state index is -3.84. The second kappa shape index (κ2) is 10.4. The molecule has 39 heavy (non-hydrogen) atoms. The largest absolute Gasteiger partial charge is 0.465 e. The Morgan fingerprint density at radius 1 is 1.08 bits per heavy atom. The Labute approximate surface area is 232 Å². The molecule has 5 rings (SSSR count). The number of carbonyl (C=O) groups is 1. The predicted octanol–water partition coefficient (Wildman–Crippen LogP) is 6.64. The molecule has 1 fully saturated rings. The number of benzene rings is 2. The van der Waals surface area contributed by atoms with Gasteiger partial charge in [-0.3, -0.25) is 0 Å². The van der Waals surface area contributed by atoms with Crippen LogP contribution in [0.1, 0.15) is 62.9 Å². The van der Waals surface area contributed by atoms with Crippen LogP contribution >= 0.6 is 11.3 Å². The van der Waals surface area contributed by atoms with Gasteiger partial charge in [0.15, 0.2) is 0 Å². The molecule has 1 aliphatic rings. The van der Waals surface area contributed by atoms with Crippen molar-refractivity contribution in [1.29, 1.82) is 0 Å². The van der Waals surface area contributed by atoms with Gasteiger partial charge in [0.1, 0.15) is 0 Å². The number of aryl methyl sites for hydroxylation is 1. The lowest BCUT2D eigenvalue weighted by Crippen LogP contribution is -2.40. The summed E-state index contributed by atoms with van der Waals surface area (Å²) in [5.74, 6) is 0.235. The van der Waals surface area contributed by atoms with Crippen LogP contribution in [0.4, 0.5) is 4.79 Å². The summed E-state index contributed by atoms with van der Waals surface area (Å²) in [6.07, 6.45) is 5.96. The van der Waals surface area contributed by atoms with Gasteiger partial charge in [0.25, 0.3) is 0 Å². The van der Waals surface area contributed by atoms with Crippen LogP contribution in [0.25, 0.3) is 32.5 Å². The summed E-state index contributed by atoms with van der Waals surface area (Å²) in [4.78, 5) is 20.0. The Bertz CT molecular complexity index is 1620. The van der Waals surface area contributed by atoms with Crippen molar-refractivity contribution in [3.05, 3.63) is 59.4 Å². The van der Waals surface area contributed by atoms with Gasteiger partial charge in [0, 0.05) is 46.4 Å². The van der Waals surface area contributed by atoms with Gasteiger partial charge in [-0.1, -0.05) is 24.3 Å². The highest BCUT2D eigenvalue weighted by Gasteiger charge is 2.29. The Kier molecular flexibility index (Phi) is 7.30. The van der Waals surface area contributed by atoms with E-state index in [4.69, 9.17) is 5.11 Å². The van der Waals surface area contributed by atoms with Gasteiger partial charge in [-0.2, -0.15) is 0 Å². The summed E-state index contributed by atoms with van der Waals surface area (Å²) >= 11 is 1.52. The highest BCUT2D eigenvalue weighted by molar-refractivity contribution is 7.89. The quantitative estimate of drug-likeness (QED) is 0.208. The molecule has 0 unspecified atom stereocenters. The molecule has 1 amide bonds. The Hall–Kier alpha value is -3.21. The summed E-state index contributed by atoms with van der Waals surface area (Å²) in [6, 6.07) is 11.7. The molecule has 4 N–H and O–H groups in total. The smallest absolute Gasteiger partial charge is 0.404 e. The molecule has 1 saturated carbocycles. The highest BCUT2D eigenvalue weighted by Crippen LogP contribution is 2.40. The lowest BCUT2D eigenvalue weighted by Gasteiger charge is -2.27. The number of hydrogen-bond acceptors (Lipinski definition) is 5. The number of fused-ring (bicyclic) bond motifs is 1. The first-order chi connectivity index (χ1) is 18.4. The fourth-order valence-corrected chi connectivity index (χ4v) is 8.15. The van der Waals surface area contributed by atoms with E-state index in [1.165, 1.54) is 11.3 Å². The normalized spacial score (nSPS) is 18.4. The number of aromatic nitrogens is 2. The summed E-state index contributed by atoms with van der Waals surface area (Å²) in [5, 5.41) is 13.7. The van der Waals surface area contributed by atoms with E-state index >= 15 is 0 Å². The molecule has 1 aliphatic carbocycles. The Morgan fingerprint density at radius 2 is 1.77 bits per heavy atom. The van der Waals surface area contributed by atoms with Crippen LogP contribution in [0.15, 0.2) is 53.7 Å². The van der Waals surface area contributed by atoms with Crippen LogP contribution in [0.2, 0.25) is 0 Å². The molecule has 0 spiro atoms. The van der Waals surface area contributed by atoms with Gasteiger partial charge in [0.2, 0.25) is 10.0 Å². The molecular weight excluding hydrogens is 532 g/mol. The van der Waals surface area contributed by atoms with Crippen molar-refractivity contribution in [3.8, 4) is 21.6 Å². The van der Waals surface area contributed by atoms with Gasteiger partial charge in [-0.15, -0.1) is 11.3 Å². The summed E-state index contributed by atoms with van der Waals surface area (Å²) < 4.78 is 30.2. The molecule has 0 atom stereocenters. The highest BCUT2D eigenvalue weighted by atomic mass is 32.2. The molecule has 2 aromatic heterocycles. The van der Waals surface area contributed by atoms with Crippen molar-refractivity contribution in [2.75, 3.05) is 0 Å². The van der Waals surface area contributed by atoms with E-state index in [0.29, 0.717) is 5.56 Å². The SMILES string of the molecule is Cc1c[nH]c2cc(-c3ccc(-c4cnc([C@H]5CC[C@H](NC(=O)O)CC5)s4)c(S(=O)(=O)NC(C)(C)C)c3)ccc12. The van der Waals surface area contributed by atoms with Crippen molar-refractivity contribution in [3.63, 3.8) is 0 Å². The van der Waals surface area contributed by atoms with Crippen molar-refractivity contribution in [2.45, 2.75) is 75.8 Å². The van der Waals surface area contributed by atoms with Crippen LogP contribution in [-0.4, -0.2) is 41.2 Å². The van der Waals surface area contributed by atoms with E-state index in [1.807, 2.05) is 51.2 Å². The number of sulfonamides is 1. The van der Waals surface area contributed by atoms with Gasteiger partial charge < -0.3 is 15.4 Å². The number of amides is 1. The van der Waals surface area contributed by atoms with E-state index in [9.17, 15) is 13.2 Å². The minimum Gasteiger partial charge on any atom is -0.465 e. The Balaban J connectivity index is 1.50. The number of H-pyrrole nitrogens is 1. The third kappa shape index (κ3) is 6.03. The van der Waals surface area contributed by atoms with Crippen LogP contribution in [0, 0.1) is 6.92 Å². The van der Waals surface area contributed by atoms with Crippen LogP contribution in [0.3, 0.4) is 0 Å². The molecule has 2 heterocycles. The summed E-state index contributed by atoms with van der Waals surface area (Å²) in [7, 11) is -3.84. The lowest BCUT2D eigenvalue weighted by atomic mass is 9.86. The molecule has 4 aromatic rings. The molecule has 0 saturated heterocycles. The van der Waals surface area contributed by atoms with Crippen molar-refractivity contribution in [1.82, 2.24) is 20.0 Å². The van der Waals surface area contributed by atoms with E-state index in [2.05, 4.69) is 33.0 Å². The molecule has 0 radical (unpaired) electrons. The van der Waals surface area contributed by atoms with E-state index in [-0.39, 0.29) is 16.9 Å². The molecule has 0 aliphatic heterocycles. The third-order valence-electron chi connectivity index (χ3n) is 7.13. The molecule has 206 valence electrons. The van der Waals surface area contributed by atoms with E-state index in [0.717, 1.165) is 63.2 Å². The number of rotatable bonds is 6. The first kappa shape index (κ1) is 27.4. The zero-order chi connectivity index (χ0) is 27.9. The maximum Gasteiger partial charge on any atom is 0.404 e. The number of hydrogen-bond donors (Lipinski definition) is 4. The average molecular weight is 567 g/mol. The number of nitrogens with one attached hydrogen (secondary N) is 3. The summed E-state index contributed by atoms with van der Waals surface area (Å²) in [6.45, 7) is 7.54. The van der Waals surface area contributed by atoms with Crippen molar-refractivity contribution < 1.29 is 18.3 Å². The molecular formula is C29H34N4O4S2. The topological polar surface area (TPSA) is 124 Å². The number of carboxylic acid groups (broad SMARTS) is 1. The fraction of sp³-hybridized carbons (Fsp3) is 0.379. The number of thiazole rings is 1. The zero-order valence-corrected chi connectivity index (χ0v) is 24.2. The third-order valence-corrected chi connectivity index (χ3v) is 10.1. The monoisotopic (exact) mass is 566 g/mol. The maximum absolute atomic E-state index is 13.7. The number of aromatic amines is 1. The minimum absolute atomic E-state index is 0.0277. The predicted molar refractivity (Wildman–Crippen MR) is 156 cm³/mol. The second-order valence-electron chi connectivity index (χ2n) is 11.4. The average Bonchev–Trinajstić information content (AvgIpc) is 3.49. The van der Waals surface area contributed by atoms with Crippen LogP contribution in [-0.2, 0) is 10.0 Å². The lowest BCUT2D eigenvalue weighted by molar-refractivity contribution is 0.185. The maximum atomic E-state index is 13.7. The molecule has 0 bridgehead atoms. The van der Waals surface area contributed by atoms with Crippen LogP contribution in [0.5, 0.6) is 0 Å². The summed E-state index contributed by atoms with van der Waals surface area (Å²) in [5.41, 5.74) is 3.89. The fourth-order valence-electron chi connectivity index (χ4n) is 5.30. The standard InChI is InChI=1S/C29H34N4O4S2/c1-17-15-30-24-13-19(7-11-22(17)24)20-8-12-23(26(14-20)39(36,37)33-29(2,3)4)25-16-31-27(38-25)18-5-9-21(10-6-18)32-28(34)35/h7-8,11-16,18,21,30,32-33H,5-6,9-10H2,1-4H3,(H,34,35)/t18-,21-. The van der Waals surface area contributed by atoms with E-state index < -0.39 is 21.7 Å². The van der Waals surface area contributed by atoms with Gasteiger partial charge in [-0.25, -0.2) is 22.9 Å². The van der Waals surface area contributed by atoms with Gasteiger partial charge in [0.05, 0.1) is 14.8 Å². The molecule has 2 aromatic carbocycles. The molecule has 8 nitrogen and oxygen atoms in total. The van der Waals surface area contributed by atoms with Crippen LogP contribution < -0.4 is 10.0 Å². The second-order valence-corrected chi connectivity index (χ2v) is 14.1. The molecule has 10 heteroatoms. The first-order valence-electron chi connectivity index (χ1n) is 13.1. The first-order valence-corrected chi connectivity index (χ1v) is 15.4. The van der Waals surface area contributed by atoms with Crippen molar-refractivity contribution in [2.24, 2.45) is 0 Å². The van der Waals surface area contributed by atoms with Gasteiger partial charge in [-0.05, 0) is 82.2 Å². The van der Waals surface area contributed by atoms with Crippen molar-refractivity contribution >= 4 is 38.4 Å². The zero-order valence-electron chi connectivity index (χ0n) is 22.5. The van der Waals surface area contributed by atoms with E-state index in [1.54, 1.807) is 12.3 Å². The Morgan fingerprint density at radius 3 is 2.46 bits per heavy atom. The number of nitrogens with zero attached hydrogens (tertiary/aromatic N) is 1. The van der Waals surface area contributed by atoms with Gasteiger partial charge >= 0.3 is 6.09 Å².